The summed E-state index contributed by atoms with van der Waals surface area (Å²) in [7, 11) is 0. The highest BCUT2D eigenvalue weighted by molar-refractivity contribution is 7.99. The van der Waals surface area contributed by atoms with Gasteiger partial charge in [0.25, 0.3) is 0 Å². The van der Waals surface area contributed by atoms with Gasteiger partial charge in [-0.3, -0.25) is 4.90 Å². The summed E-state index contributed by atoms with van der Waals surface area (Å²) in [5, 5.41) is 0. The highest BCUT2D eigenvalue weighted by Gasteiger charge is 2.07. The molecule has 0 aromatic rings. The van der Waals surface area contributed by atoms with E-state index in [1.54, 1.807) is 0 Å². The van der Waals surface area contributed by atoms with Gasteiger partial charge in [-0.15, -0.1) is 0 Å². The minimum absolute atomic E-state index is 0.669. The van der Waals surface area contributed by atoms with Gasteiger partial charge in [0.2, 0.25) is 0 Å². The van der Waals surface area contributed by atoms with Gasteiger partial charge in [-0.25, -0.2) is 0 Å². The van der Waals surface area contributed by atoms with Gasteiger partial charge in [-0.1, -0.05) is 12.2 Å². The van der Waals surface area contributed by atoms with E-state index in [0.29, 0.717) is 6.54 Å². The molecule has 0 aliphatic carbocycles. The maximum absolute atomic E-state index is 5.33. The van der Waals surface area contributed by atoms with Gasteiger partial charge in [0.15, 0.2) is 0 Å². The molecule has 0 bridgehead atoms. The fourth-order valence-corrected chi connectivity index (χ4v) is 2.08. The van der Waals surface area contributed by atoms with Crippen LogP contribution in [0.15, 0.2) is 12.2 Å². The molecule has 0 unspecified atom stereocenters. The summed E-state index contributed by atoms with van der Waals surface area (Å²) in [6, 6.07) is 0. The van der Waals surface area contributed by atoms with Crippen molar-refractivity contribution >= 4 is 11.8 Å². The highest BCUT2D eigenvalue weighted by atomic mass is 32.2. The van der Waals surface area contributed by atoms with Crippen LogP contribution < -0.4 is 5.73 Å². The van der Waals surface area contributed by atoms with Crippen LogP contribution in [-0.4, -0.2) is 42.6 Å². The molecule has 11 heavy (non-hydrogen) atoms. The minimum Gasteiger partial charge on any atom is -0.327 e. The molecule has 1 saturated heterocycles. The van der Waals surface area contributed by atoms with Crippen LogP contribution >= 0.6 is 11.8 Å². The van der Waals surface area contributed by atoms with Crippen LogP contribution in [0.3, 0.4) is 0 Å². The Morgan fingerprint density at radius 1 is 1.27 bits per heavy atom. The van der Waals surface area contributed by atoms with E-state index < -0.39 is 0 Å². The van der Waals surface area contributed by atoms with Crippen molar-refractivity contribution in [1.82, 2.24) is 4.90 Å². The Balaban J connectivity index is 2.09. The van der Waals surface area contributed by atoms with Crippen LogP contribution in [0.4, 0.5) is 0 Å². The number of nitrogens with two attached hydrogens (primary N) is 1. The minimum atomic E-state index is 0.669. The second-order valence-electron chi connectivity index (χ2n) is 2.62. The van der Waals surface area contributed by atoms with Gasteiger partial charge in [0.05, 0.1) is 0 Å². The monoisotopic (exact) mass is 172 g/mol. The molecule has 2 nitrogen and oxygen atoms in total. The standard InChI is InChI=1S/C8H16N2S/c9-3-1-2-4-10-5-7-11-8-6-10/h1-2H,3-9H2. The average Bonchev–Trinajstić information content (AvgIpc) is 2.07. The summed E-state index contributed by atoms with van der Waals surface area (Å²) in [4.78, 5) is 2.46. The summed E-state index contributed by atoms with van der Waals surface area (Å²) >= 11 is 2.05. The number of nitrogens with zero attached hydrogens (tertiary/aromatic N) is 1. The maximum Gasteiger partial charge on any atom is 0.0164 e. The third-order valence-electron chi connectivity index (χ3n) is 1.77. The Morgan fingerprint density at radius 2 is 2.00 bits per heavy atom. The van der Waals surface area contributed by atoms with Gasteiger partial charge < -0.3 is 5.73 Å². The van der Waals surface area contributed by atoms with Crippen molar-refractivity contribution in [2.24, 2.45) is 5.73 Å². The van der Waals surface area contributed by atoms with Crippen molar-refractivity contribution in [3.63, 3.8) is 0 Å². The molecular weight excluding hydrogens is 156 g/mol. The van der Waals surface area contributed by atoms with Crippen molar-refractivity contribution in [2.75, 3.05) is 37.7 Å². The van der Waals surface area contributed by atoms with Crippen LogP contribution in [0.1, 0.15) is 0 Å². The van der Waals surface area contributed by atoms with E-state index in [9.17, 15) is 0 Å². The second kappa shape index (κ2) is 5.63. The summed E-state index contributed by atoms with van der Waals surface area (Å²) < 4.78 is 0. The Morgan fingerprint density at radius 3 is 2.64 bits per heavy atom. The van der Waals surface area contributed by atoms with Gasteiger partial charge in [-0.05, 0) is 0 Å². The first kappa shape index (κ1) is 9.10. The van der Waals surface area contributed by atoms with Gasteiger partial charge in [-0.2, -0.15) is 11.8 Å². The fourth-order valence-electron chi connectivity index (χ4n) is 1.10. The van der Waals surface area contributed by atoms with Gasteiger partial charge in [0, 0.05) is 37.7 Å². The van der Waals surface area contributed by atoms with E-state index in [0.717, 1.165) is 6.54 Å². The largest absolute Gasteiger partial charge is 0.327 e. The normalized spacial score (nSPS) is 21.2. The zero-order chi connectivity index (χ0) is 7.94. The van der Waals surface area contributed by atoms with Gasteiger partial charge in [0.1, 0.15) is 0 Å². The molecule has 1 fully saturated rings. The molecule has 64 valence electrons. The van der Waals surface area contributed by atoms with Crippen LogP contribution in [-0.2, 0) is 0 Å². The van der Waals surface area contributed by atoms with E-state index >= 15 is 0 Å². The molecule has 0 atom stereocenters. The Labute approximate surface area is 72.8 Å². The van der Waals surface area contributed by atoms with Crippen molar-refractivity contribution in [3.05, 3.63) is 12.2 Å². The molecule has 0 aromatic carbocycles. The van der Waals surface area contributed by atoms with Crippen LogP contribution in [0.5, 0.6) is 0 Å². The van der Waals surface area contributed by atoms with Crippen LogP contribution in [0.25, 0.3) is 0 Å². The van der Waals surface area contributed by atoms with Crippen molar-refractivity contribution < 1.29 is 0 Å². The Bertz CT molecular complexity index is 119. The van der Waals surface area contributed by atoms with Crippen molar-refractivity contribution in [1.29, 1.82) is 0 Å². The van der Waals surface area contributed by atoms with E-state index in [1.165, 1.54) is 24.6 Å². The Hall–Kier alpha value is 0.01000. The molecule has 0 amide bonds. The predicted octanol–water partition coefficient (Wildman–Crippen LogP) is 0.550. The van der Waals surface area contributed by atoms with Crippen LogP contribution in [0, 0.1) is 0 Å². The lowest BCUT2D eigenvalue weighted by Crippen LogP contribution is -2.32. The fraction of sp³-hybridized carbons (Fsp3) is 0.750. The lowest BCUT2D eigenvalue weighted by atomic mass is 10.4. The molecule has 2 N–H and O–H groups in total. The third kappa shape index (κ3) is 3.79. The number of hydrogen-bond donors (Lipinski definition) is 1. The van der Waals surface area contributed by atoms with Crippen molar-refractivity contribution in [3.8, 4) is 0 Å². The topological polar surface area (TPSA) is 29.3 Å². The molecular formula is C8H16N2S. The number of rotatable bonds is 3. The molecule has 0 saturated carbocycles. The lowest BCUT2D eigenvalue weighted by molar-refractivity contribution is 0.335. The first-order valence-corrected chi connectivity index (χ1v) is 5.24. The van der Waals surface area contributed by atoms with E-state index in [2.05, 4.69) is 11.0 Å². The zero-order valence-electron chi connectivity index (χ0n) is 6.83. The van der Waals surface area contributed by atoms with E-state index in [-0.39, 0.29) is 0 Å². The SMILES string of the molecule is NCC=CCN1CCSCC1. The summed E-state index contributed by atoms with van der Waals surface area (Å²) in [5.74, 6) is 2.58. The quantitative estimate of drug-likeness (QED) is 0.630. The molecule has 1 aliphatic rings. The van der Waals surface area contributed by atoms with E-state index in [1.807, 2.05) is 17.8 Å². The summed E-state index contributed by atoms with van der Waals surface area (Å²) in [6.45, 7) is 4.22. The molecule has 1 rings (SSSR count). The number of thioether (sulfide) groups is 1. The second-order valence-corrected chi connectivity index (χ2v) is 3.84. The third-order valence-corrected chi connectivity index (χ3v) is 2.71. The molecule has 1 heterocycles. The van der Waals surface area contributed by atoms with Crippen molar-refractivity contribution in [2.45, 2.75) is 0 Å². The Kier molecular flexibility index (Phi) is 4.66. The first-order valence-electron chi connectivity index (χ1n) is 4.08. The maximum atomic E-state index is 5.33. The first-order chi connectivity index (χ1) is 5.43. The summed E-state index contributed by atoms with van der Waals surface area (Å²) in [5.41, 5.74) is 5.33. The molecule has 1 aliphatic heterocycles. The molecule has 0 aromatic heterocycles. The zero-order valence-corrected chi connectivity index (χ0v) is 7.65. The molecule has 0 spiro atoms. The predicted molar refractivity (Wildman–Crippen MR) is 52.0 cm³/mol. The number of hydrogen-bond acceptors (Lipinski definition) is 3. The van der Waals surface area contributed by atoms with E-state index in [4.69, 9.17) is 5.73 Å². The highest BCUT2D eigenvalue weighted by Crippen LogP contribution is 2.08. The average molecular weight is 172 g/mol. The summed E-state index contributed by atoms with van der Waals surface area (Å²) in [6.07, 6.45) is 4.19. The van der Waals surface area contributed by atoms with Crippen LogP contribution in [0.2, 0.25) is 0 Å². The lowest BCUT2D eigenvalue weighted by Gasteiger charge is -2.24. The molecule has 0 radical (unpaired) electrons. The molecule has 3 heteroatoms. The van der Waals surface area contributed by atoms with Gasteiger partial charge >= 0.3 is 0 Å². The smallest absolute Gasteiger partial charge is 0.0164 e.